The number of ether oxygens (including phenoxy) is 1. The normalized spacial score (nSPS) is 11.2. The molecule has 1 aromatic heterocycles. The van der Waals surface area contributed by atoms with Gasteiger partial charge in [-0.25, -0.2) is 0 Å². The van der Waals surface area contributed by atoms with E-state index in [-0.39, 0.29) is 5.43 Å². The van der Waals surface area contributed by atoms with Crippen LogP contribution in [-0.4, -0.2) is 19.7 Å². The van der Waals surface area contributed by atoms with Crippen molar-refractivity contribution in [1.29, 1.82) is 0 Å². The summed E-state index contributed by atoms with van der Waals surface area (Å²) in [6.45, 7) is 4.99. The Morgan fingerprint density at radius 3 is 2.64 bits per heavy atom. The van der Waals surface area contributed by atoms with Gasteiger partial charge in [-0.2, -0.15) is 0 Å². The van der Waals surface area contributed by atoms with E-state index < -0.39 is 0 Å². The zero-order chi connectivity index (χ0) is 17.5. The molecule has 132 valence electrons. The molecule has 4 heteroatoms. The number of rotatable bonds is 9. The molecule has 0 bridgehead atoms. The van der Waals surface area contributed by atoms with Gasteiger partial charge in [0.15, 0.2) is 0 Å². The molecule has 0 unspecified atom stereocenters. The van der Waals surface area contributed by atoms with E-state index in [1.54, 1.807) is 12.1 Å². The summed E-state index contributed by atoms with van der Waals surface area (Å²) in [5, 5.41) is 4.63. The fraction of sp³-hybridized carbons (Fsp3) is 0.381. The number of hydrogen-bond acceptors (Lipinski definition) is 4. The van der Waals surface area contributed by atoms with Gasteiger partial charge in [-0.3, -0.25) is 4.79 Å². The van der Waals surface area contributed by atoms with Crippen LogP contribution in [0.2, 0.25) is 0 Å². The Labute approximate surface area is 147 Å². The second-order valence-electron chi connectivity index (χ2n) is 6.24. The molecule has 0 radical (unpaired) electrons. The first kappa shape index (κ1) is 17.5. The summed E-state index contributed by atoms with van der Waals surface area (Å²) < 4.78 is 11.7. The van der Waals surface area contributed by atoms with Crippen LogP contribution in [0.15, 0.2) is 51.7 Å². The van der Waals surface area contributed by atoms with Crippen molar-refractivity contribution in [2.75, 3.05) is 19.7 Å². The third kappa shape index (κ3) is 4.40. The number of hydrogen-bond donors (Lipinski definition) is 1. The topological polar surface area (TPSA) is 51.5 Å². The third-order valence-corrected chi connectivity index (χ3v) is 4.27. The summed E-state index contributed by atoms with van der Waals surface area (Å²) in [7, 11) is 0. The highest BCUT2D eigenvalue weighted by Crippen LogP contribution is 2.22. The maximum Gasteiger partial charge on any atom is 0.200 e. The Hall–Kier alpha value is -2.33. The lowest BCUT2D eigenvalue weighted by Gasteiger charge is -2.08. The van der Waals surface area contributed by atoms with Gasteiger partial charge in [-0.15, -0.1) is 0 Å². The lowest BCUT2D eigenvalue weighted by atomic mass is 10.1. The summed E-state index contributed by atoms with van der Waals surface area (Å²) in [6.07, 6.45) is 4.55. The van der Waals surface area contributed by atoms with Crippen molar-refractivity contribution in [1.82, 2.24) is 5.32 Å². The van der Waals surface area contributed by atoms with Crippen LogP contribution in [0.1, 0.15) is 32.6 Å². The molecule has 3 aromatic rings. The zero-order valence-corrected chi connectivity index (χ0v) is 14.7. The predicted molar refractivity (Wildman–Crippen MR) is 102 cm³/mol. The smallest absolute Gasteiger partial charge is 0.200 e. The van der Waals surface area contributed by atoms with Crippen molar-refractivity contribution in [2.45, 2.75) is 32.6 Å². The third-order valence-electron chi connectivity index (χ3n) is 4.27. The minimum absolute atomic E-state index is 0.00144. The molecule has 0 amide bonds. The standard InChI is InChI=1S/C21H25NO3/c1-2-3-12-22-13-6-7-14-24-16-10-11-18-20(15-16)25-19-9-5-4-8-17(19)21(18)23/h4-5,8-11,15,22H,2-3,6-7,12-14H2,1H3. The molecule has 1 heterocycles. The highest BCUT2D eigenvalue weighted by atomic mass is 16.5. The summed E-state index contributed by atoms with van der Waals surface area (Å²) in [5.74, 6) is 0.741. The van der Waals surface area contributed by atoms with E-state index in [0.717, 1.165) is 31.7 Å². The maximum atomic E-state index is 12.5. The van der Waals surface area contributed by atoms with Crippen LogP contribution in [0, 0.1) is 0 Å². The maximum absolute atomic E-state index is 12.5. The van der Waals surface area contributed by atoms with E-state index in [2.05, 4.69) is 12.2 Å². The van der Waals surface area contributed by atoms with Crippen LogP contribution in [-0.2, 0) is 0 Å². The van der Waals surface area contributed by atoms with Crippen LogP contribution in [0.5, 0.6) is 5.75 Å². The zero-order valence-electron chi connectivity index (χ0n) is 14.7. The van der Waals surface area contributed by atoms with E-state index in [1.165, 1.54) is 12.8 Å². The van der Waals surface area contributed by atoms with Crippen LogP contribution in [0.4, 0.5) is 0 Å². The molecule has 0 saturated heterocycles. The van der Waals surface area contributed by atoms with Crippen LogP contribution in [0.25, 0.3) is 21.9 Å². The Morgan fingerprint density at radius 2 is 1.76 bits per heavy atom. The molecule has 1 N–H and O–H groups in total. The summed E-state index contributed by atoms with van der Waals surface area (Å²) in [6, 6.07) is 12.8. The average molecular weight is 339 g/mol. The highest BCUT2D eigenvalue weighted by Gasteiger charge is 2.08. The quantitative estimate of drug-likeness (QED) is 0.461. The fourth-order valence-corrected chi connectivity index (χ4v) is 2.84. The molecule has 0 atom stereocenters. The molecule has 2 aromatic carbocycles. The molecule has 25 heavy (non-hydrogen) atoms. The van der Waals surface area contributed by atoms with E-state index in [4.69, 9.17) is 9.15 Å². The monoisotopic (exact) mass is 339 g/mol. The van der Waals surface area contributed by atoms with Gasteiger partial charge in [0, 0.05) is 6.07 Å². The molecule has 0 saturated carbocycles. The van der Waals surface area contributed by atoms with Gasteiger partial charge < -0.3 is 14.5 Å². The van der Waals surface area contributed by atoms with Gasteiger partial charge in [0.2, 0.25) is 5.43 Å². The molecule has 0 aliphatic carbocycles. The van der Waals surface area contributed by atoms with Gasteiger partial charge in [0.1, 0.15) is 16.9 Å². The minimum Gasteiger partial charge on any atom is -0.493 e. The molecule has 3 rings (SSSR count). The number of fused-ring (bicyclic) bond motifs is 2. The van der Waals surface area contributed by atoms with Gasteiger partial charge in [-0.1, -0.05) is 25.5 Å². The lowest BCUT2D eigenvalue weighted by Crippen LogP contribution is -2.17. The minimum atomic E-state index is 0.00144. The molecule has 0 spiro atoms. The first-order chi connectivity index (χ1) is 12.3. The first-order valence-electron chi connectivity index (χ1n) is 9.08. The van der Waals surface area contributed by atoms with Gasteiger partial charge in [-0.05, 0) is 56.6 Å². The van der Waals surface area contributed by atoms with E-state index >= 15 is 0 Å². The Kier molecular flexibility index (Phi) is 6.07. The van der Waals surface area contributed by atoms with Crippen molar-refractivity contribution in [2.24, 2.45) is 0 Å². The Morgan fingerprint density at radius 1 is 0.960 bits per heavy atom. The predicted octanol–water partition coefficient (Wildman–Crippen LogP) is 4.49. The van der Waals surface area contributed by atoms with Crippen LogP contribution < -0.4 is 15.5 Å². The van der Waals surface area contributed by atoms with E-state index in [1.807, 2.05) is 30.3 Å². The molecular formula is C21H25NO3. The summed E-state index contributed by atoms with van der Waals surface area (Å²) >= 11 is 0. The fourth-order valence-electron chi connectivity index (χ4n) is 2.84. The van der Waals surface area contributed by atoms with Crippen molar-refractivity contribution in [3.8, 4) is 5.75 Å². The number of unbranched alkanes of at least 4 members (excludes halogenated alkanes) is 2. The SMILES string of the molecule is CCCCNCCCCOc1ccc2c(=O)c3ccccc3oc2c1. The molecule has 4 nitrogen and oxygen atoms in total. The van der Waals surface area contributed by atoms with Crippen molar-refractivity contribution in [3.63, 3.8) is 0 Å². The van der Waals surface area contributed by atoms with Crippen molar-refractivity contribution in [3.05, 3.63) is 52.7 Å². The van der Waals surface area contributed by atoms with Crippen LogP contribution >= 0.6 is 0 Å². The molecule has 0 fully saturated rings. The van der Waals surface area contributed by atoms with Crippen molar-refractivity contribution >= 4 is 21.9 Å². The summed E-state index contributed by atoms with van der Waals surface area (Å²) in [4.78, 5) is 12.5. The highest BCUT2D eigenvalue weighted by molar-refractivity contribution is 5.90. The van der Waals surface area contributed by atoms with Gasteiger partial charge in [0.05, 0.1) is 17.4 Å². The van der Waals surface area contributed by atoms with Crippen LogP contribution in [0.3, 0.4) is 0 Å². The largest absolute Gasteiger partial charge is 0.493 e. The van der Waals surface area contributed by atoms with E-state index in [9.17, 15) is 4.79 Å². The van der Waals surface area contributed by atoms with Crippen molar-refractivity contribution < 1.29 is 9.15 Å². The average Bonchev–Trinajstić information content (AvgIpc) is 2.64. The Balaban J connectivity index is 1.60. The second kappa shape index (κ2) is 8.67. The number of para-hydroxylation sites is 1. The number of nitrogens with one attached hydrogen (secondary N) is 1. The Bertz CT molecular complexity index is 885. The van der Waals surface area contributed by atoms with E-state index in [0.29, 0.717) is 28.5 Å². The molecule has 0 aliphatic rings. The van der Waals surface area contributed by atoms with Gasteiger partial charge >= 0.3 is 0 Å². The lowest BCUT2D eigenvalue weighted by molar-refractivity contribution is 0.306. The molecular weight excluding hydrogens is 314 g/mol. The molecule has 0 aliphatic heterocycles. The second-order valence-corrected chi connectivity index (χ2v) is 6.24. The van der Waals surface area contributed by atoms with Gasteiger partial charge in [0.25, 0.3) is 0 Å². The number of benzene rings is 2. The first-order valence-corrected chi connectivity index (χ1v) is 9.08. The summed E-state index contributed by atoms with van der Waals surface area (Å²) in [5.41, 5.74) is 1.18.